The molecule has 0 saturated carbocycles. The average molecular weight is 397 g/mol. The molecule has 2 N–H and O–H groups in total. The summed E-state index contributed by atoms with van der Waals surface area (Å²) in [4.78, 5) is 20.9. The number of para-hydroxylation sites is 2. The number of halogens is 1. The Morgan fingerprint density at radius 1 is 1.07 bits per heavy atom. The fourth-order valence-corrected chi connectivity index (χ4v) is 2.57. The molecule has 0 radical (unpaired) electrons. The summed E-state index contributed by atoms with van der Waals surface area (Å²) in [7, 11) is 0. The number of amides is 1. The Morgan fingerprint density at radius 2 is 1.75 bits per heavy atom. The summed E-state index contributed by atoms with van der Waals surface area (Å²) in [5.41, 5.74) is 2.01. The van der Waals surface area contributed by atoms with Gasteiger partial charge in [-0.3, -0.25) is 4.79 Å². The normalized spacial score (nSPS) is 10.6. The predicted molar refractivity (Wildman–Crippen MR) is 111 cm³/mol. The zero-order chi connectivity index (χ0) is 19.9. The Kier molecular flexibility index (Phi) is 6.45. The van der Waals surface area contributed by atoms with Gasteiger partial charge in [0.1, 0.15) is 5.75 Å². The lowest BCUT2D eigenvalue weighted by Gasteiger charge is -2.14. The van der Waals surface area contributed by atoms with Crippen molar-refractivity contribution in [3.05, 3.63) is 77.1 Å². The summed E-state index contributed by atoms with van der Waals surface area (Å²) in [5.74, 6) is 0.757. The first-order chi connectivity index (χ1) is 13.5. The maximum Gasteiger partial charge on any atom is 0.258 e. The molecule has 0 aliphatic heterocycles. The Hall–Kier alpha value is -3.12. The molecule has 1 amide bonds. The summed E-state index contributed by atoms with van der Waals surface area (Å²) < 4.78 is 5.72. The lowest BCUT2D eigenvalue weighted by atomic mass is 10.2. The van der Waals surface area contributed by atoms with Gasteiger partial charge < -0.3 is 15.4 Å². The lowest BCUT2D eigenvalue weighted by molar-refractivity contribution is 0.102. The highest BCUT2D eigenvalue weighted by molar-refractivity contribution is 6.30. The molecule has 2 aromatic carbocycles. The van der Waals surface area contributed by atoms with Crippen LogP contribution in [0.25, 0.3) is 0 Å². The van der Waals surface area contributed by atoms with Crippen molar-refractivity contribution in [3.8, 4) is 5.75 Å². The van der Waals surface area contributed by atoms with Crippen LogP contribution in [0.3, 0.4) is 0 Å². The van der Waals surface area contributed by atoms with Gasteiger partial charge in [-0.25, -0.2) is 9.97 Å². The highest BCUT2D eigenvalue weighted by Crippen LogP contribution is 2.25. The third-order valence-corrected chi connectivity index (χ3v) is 4.03. The number of carbonyl (C=O) groups excluding carboxylic acids is 1. The van der Waals surface area contributed by atoms with E-state index in [-0.39, 0.29) is 12.0 Å². The second-order valence-electron chi connectivity index (χ2n) is 6.39. The fraction of sp³-hybridized carbons (Fsp3) is 0.190. The first kappa shape index (κ1) is 19.6. The van der Waals surface area contributed by atoms with Crippen molar-refractivity contribution in [3.63, 3.8) is 0 Å². The SMILES string of the molecule is CC(C)Oc1ccccc1NC(=O)c1cnc(NCc2ccc(Cl)cc2)nc1. The maximum absolute atomic E-state index is 12.5. The van der Waals surface area contributed by atoms with Crippen LogP contribution in [0.4, 0.5) is 11.6 Å². The standard InChI is InChI=1S/C21H21ClN4O2/c1-14(2)28-19-6-4-3-5-18(19)26-20(27)16-12-24-21(25-13-16)23-11-15-7-9-17(22)10-8-15/h3-10,12-14H,11H2,1-2H3,(H,26,27)(H,23,24,25). The van der Waals surface area contributed by atoms with Crippen LogP contribution in [0.5, 0.6) is 5.75 Å². The van der Waals surface area contributed by atoms with Crippen molar-refractivity contribution in [2.75, 3.05) is 10.6 Å². The van der Waals surface area contributed by atoms with E-state index in [2.05, 4.69) is 20.6 Å². The van der Waals surface area contributed by atoms with E-state index < -0.39 is 0 Å². The molecule has 6 nitrogen and oxygen atoms in total. The van der Waals surface area contributed by atoms with E-state index in [9.17, 15) is 4.79 Å². The Balaban J connectivity index is 1.61. The second kappa shape index (κ2) is 9.19. The number of benzene rings is 2. The molecule has 0 bridgehead atoms. The van der Waals surface area contributed by atoms with Gasteiger partial charge in [0.2, 0.25) is 5.95 Å². The van der Waals surface area contributed by atoms with Crippen molar-refractivity contribution in [1.29, 1.82) is 0 Å². The Bertz CT molecular complexity index is 928. The molecule has 1 heterocycles. The summed E-state index contributed by atoms with van der Waals surface area (Å²) in [6.07, 6.45) is 2.98. The zero-order valence-corrected chi connectivity index (χ0v) is 16.4. The van der Waals surface area contributed by atoms with E-state index in [1.54, 1.807) is 6.07 Å². The number of aromatic nitrogens is 2. The minimum atomic E-state index is -0.302. The molecule has 0 fully saturated rings. The van der Waals surface area contributed by atoms with E-state index in [1.807, 2.05) is 56.3 Å². The molecule has 3 rings (SSSR count). The Labute approximate surface area is 168 Å². The van der Waals surface area contributed by atoms with E-state index in [0.29, 0.717) is 34.5 Å². The third-order valence-electron chi connectivity index (χ3n) is 3.78. The molecule has 0 aliphatic rings. The topological polar surface area (TPSA) is 76.1 Å². The summed E-state index contributed by atoms with van der Waals surface area (Å²) in [6, 6.07) is 14.8. The first-order valence-electron chi connectivity index (χ1n) is 8.88. The lowest BCUT2D eigenvalue weighted by Crippen LogP contribution is -2.15. The fourth-order valence-electron chi connectivity index (χ4n) is 2.44. The maximum atomic E-state index is 12.5. The van der Waals surface area contributed by atoms with Crippen LogP contribution < -0.4 is 15.4 Å². The van der Waals surface area contributed by atoms with Crippen LogP contribution in [0.15, 0.2) is 60.9 Å². The number of carbonyl (C=O) groups is 1. The summed E-state index contributed by atoms with van der Waals surface area (Å²) in [5, 5.41) is 6.64. The molecule has 0 atom stereocenters. The van der Waals surface area contributed by atoms with Crippen molar-refractivity contribution in [2.24, 2.45) is 0 Å². The molecule has 0 unspecified atom stereocenters. The van der Waals surface area contributed by atoms with Gasteiger partial charge >= 0.3 is 0 Å². The zero-order valence-electron chi connectivity index (χ0n) is 15.6. The molecule has 1 aromatic heterocycles. The van der Waals surface area contributed by atoms with Gasteiger partial charge in [-0.15, -0.1) is 0 Å². The summed E-state index contributed by atoms with van der Waals surface area (Å²) >= 11 is 5.88. The number of nitrogens with zero attached hydrogens (tertiary/aromatic N) is 2. The monoisotopic (exact) mass is 396 g/mol. The van der Waals surface area contributed by atoms with Gasteiger partial charge in [0, 0.05) is 24.0 Å². The highest BCUT2D eigenvalue weighted by atomic mass is 35.5. The molecule has 28 heavy (non-hydrogen) atoms. The van der Waals surface area contributed by atoms with E-state index in [4.69, 9.17) is 16.3 Å². The van der Waals surface area contributed by atoms with Gasteiger partial charge in [-0.2, -0.15) is 0 Å². The van der Waals surface area contributed by atoms with Crippen LogP contribution in [-0.2, 0) is 6.54 Å². The molecule has 144 valence electrons. The summed E-state index contributed by atoms with van der Waals surface area (Å²) in [6.45, 7) is 4.42. The quantitative estimate of drug-likeness (QED) is 0.601. The van der Waals surface area contributed by atoms with Crippen LogP contribution in [-0.4, -0.2) is 22.0 Å². The van der Waals surface area contributed by atoms with Crippen molar-refractivity contribution in [2.45, 2.75) is 26.5 Å². The van der Waals surface area contributed by atoms with Gasteiger partial charge in [-0.1, -0.05) is 35.9 Å². The van der Waals surface area contributed by atoms with Crippen LogP contribution >= 0.6 is 11.6 Å². The van der Waals surface area contributed by atoms with Crippen molar-refractivity contribution < 1.29 is 9.53 Å². The number of hydrogen-bond acceptors (Lipinski definition) is 5. The Morgan fingerprint density at radius 3 is 2.43 bits per heavy atom. The molecular weight excluding hydrogens is 376 g/mol. The van der Waals surface area contributed by atoms with E-state index >= 15 is 0 Å². The van der Waals surface area contributed by atoms with Crippen LogP contribution in [0.1, 0.15) is 29.8 Å². The smallest absolute Gasteiger partial charge is 0.258 e. The van der Waals surface area contributed by atoms with Gasteiger partial charge in [0.15, 0.2) is 0 Å². The van der Waals surface area contributed by atoms with Crippen molar-refractivity contribution >= 4 is 29.1 Å². The van der Waals surface area contributed by atoms with E-state index in [1.165, 1.54) is 12.4 Å². The number of hydrogen-bond donors (Lipinski definition) is 2. The number of anilines is 2. The van der Waals surface area contributed by atoms with Gasteiger partial charge in [0.05, 0.1) is 17.4 Å². The molecular formula is C21H21ClN4O2. The molecule has 7 heteroatoms. The molecule has 3 aromatic rings. The predicted octanol–water partition coefficient (Wildman–Crippen LogP) is 4.78. The van der Waals surface area contributed by atoms with E-state index in [0.717, 1.165) is 5.56 Å². The third kappa shape index (κ3) is 5.44. The number of rotatable bonds is 7. The second-order valence-corrected chi connectivity index (χ2v) is 6.83. The van der Waals surface area contributed by atoms with Gasteiger partial charge in [0.25, 0.3) is 5.91 Å². The number of nitrogens with one attached hydrogen (secondary N) is 2. The minimum Gasteiger partial charge on any atom is -0.489 e. The van der Waals surface area contributed by atoms with Gasteiger partial charge in [-0.05, 0) is 43.7 Å². The van der Waals surface area contributed by atoms with Crippen LogP contribution in [0, 0.1) is 0 Å². The average Bonchev–Trinajstić information content (AvgIpc) is 2.69. The minimum absolute atomic E-state index is 0.00684. The molecule has 0 aliphatic carbocycles. The molecule has 0 spiro atoms. The molecule has 0 saturated heterocycles. The largest absolute Gasteiger partial charge is 0.489 e. The highest BCUT2D eigenvalue weighted by Gasteiger charge is 2.11. The first-order valence-corrected chi connectivity index (χ1v) is 9.26. The van der Waals surface area contributed by atoms with Crippen molar-refractivity contribution in [1.82, 2.24) is 9.97 Å². The van der Waals surface area contributed by atoms with Crippen LogP contribution in [0.2, 0.25) is 5.02 Å². The number of ether oxygens (including phenoxy) is 1.